The Hall–Kier alpha value is -2.86. The van der Waals surface area contributed by atoms with Gasteiger partial charge in [0.15, 0.2) is 0 Å². The first-order valence-electron chi connectivity index (χ1n) is 9.49. The summed E-state index contributed by atoms with van der Waals surface area (Å²) in [5.74, 6) is -0.350. The molecule has 1 amide bonds. The molecule has 0 saturated carbocycles. The molecule has 0 saturated heterocycles. The van der Waals surface area contributed by atoms with Crippen molar-refractivity contribution in [3.8, 4) is 0 Å². The van der Waals surface area contributed by atoms with Crippen LogP contribution in [0, 0.1) is 13.8 Å². The molecular weight excluding hydrogens is 384 g/mol. The zero-order chi connectivity index (χ0) is 21.2. The third-order valence-corrected chi connectivity index (χ3v) is 6.13. The van der Waals surface area contributed by atoms with Crippen LogP contribution < -0.4 is 9.62 Å². The largest absolute Gasteiger partial charge is 0.348 e. The quantitative estimate of drug-likeness (QED) is 0.665. The molecule has 3 rings (SSSR count). The fraction of sp³-hybridized carbons (Fsp3) is 0.261. The molecule has 0 aliphatic heterocycles. The molecule has 0 unspecified atom stereocenters. The van der Waals surface area contributed by atoms with Crippen LogP contribution in [0.25, 0.3) is 10.8 Å². The standard InChI is InChI=1S/C23H26N2O3S/c1-16-12-13-17(2)21(14-16)18(3)24-23(26)15-25(29(4,27)28)22-11-7-9-19-8-5-6-10-20(19)22/h5-14,18H,15H2,1-4H3,(H,24,26)/t18-/m0/s1. The lowest BCUT2D eigenvalue weighted by atomic mass is 10.00. The number of hydrogen-bond donors (Lipinski definition) is 1. The molecule has 0 aromatic heterocycles. The minimum Gasteiger partial charge on any atom is -0.348 e. The van der Waals surface area contributed by atoms with Gasteiger partial charge >= 0.3 is 0 Å². The van der Waals surface area contributed by atoms with Gasteiger partial charge in [0.25, 0.3) is 0 Å². The predicted molar refractivity (Wildman–Crippen MR) is 119 cm³/mol. The van der Waals surface area contributed by atoms with E-state index in [2.05, 4.69) is 5.32 Å². The fourth-order valence-corrected chi connectivity index (χ4v) is 4.40. The van der Waals surface area contributed by atoms with Crippen molar-refractivity contribution in [3.05, 3.63) is 77.4 Å². The Morgan fingerprint density at radius 1 is 1.03 bits per heavy atom. The van der Waals surface area contributed by atoms with Crippen molar-refractivity contribution in [3.63, 3.8) is 0 Å². The third-order valence-electron chi connectivity index (χ3n) is 5.00. The van der Waals surface area contributed by atoms with E-state index in [1.807, 2.05) is 69.3 Å². The van der Waals surface area contributed by atoms with Gasteiger partial charge in [-0.25, -0.2) is 8.42 Å². The van der Waals surface area contributed by atoms with Gasteiger partial charge in [-0.2, -0.15) is 0 Å². The summed E-state index contributed by atoms with van der Waals surface area (Å²) in [7, 11) is -3.65. The highest BCUT2D eigenvalue weighted by molar-refractivity contribution is 7.92. The number of sulfonamides is 1. The van der Waals surface area contributed by atoms with E-state index >= 15 is 0 Å². The number of fused-ring (bicyclic) bond motifs is 1. The number of rotatable bonds is 6. The summed E-state index contributed by atoms with van der Waals surface area (Å²) in [5.41, 5.74) is 3.71. The van der Waals surface area contributed by atoms with E-state index < -0.39 is 10.0 Å². The van der Waals surface area contributed by atoms with Crippen LogP contribution in [0.1, 0.15) is 29.7 Å². The molecule has 0 bridgehead atoms. The zero-order valence-electron chi connectivity index (χ0n) is 17.1. The highest BCUT2D eigenvalue weighted by atomic mass is 32.2. The van der Waals surface area contributed by atoms with Crippen LogP contribution in [0.15, 0.2) is 60.7 Å². The first-order valence-corrected chi connectivity index (χ1v) is 11.3. The van der Waals surface area contributed by atoms with E-state index in [4.69, 9.17) is 0 Å². The van der Waals surface area contributed by atoms with Crippen LogP contribution in [0.5, 0.6) is 0 Å². The minimum absolute atomic E-state index is 0.226. The Bertz CT molecular complexity index is 1150. The highest BCUT2D eigenvalue weighted by Crippen LogP contribution is 2.28. The van der Waals surface area contributed by atoms with Gasteiger partial charge in [0.1, 0.15) is 6.54 Å². The lowest BCUT2D eigenvalue weighted by Gasteiger charge is -2.25. The van der Waals surface area contributed by atoms with Crippen LogP contribution in [-0.4, -0.2) is 27.1 Å². The van der Waals surface area contributed by atoms with E-state index in [1.54, 1.807) is 12.1 Å². The van der Waals surface area contributed by atoms with E-state index in [1.165, 1.54) is 4.31 Å². The van der Waals surface area contributed by atoms with E-state index in [0.717, 1.165) is 33.7 Å². The Morgan fingerprint density at radius 2 is 1.72 bits per heavy atom. The molecule has 1 N–H and O–H groups in total. The number of anilines is 1. The summed E-state index contributed by atoms with van der Waals surface area (Å²) in [5, 5.41) is 4.65. The molecular formula is C23H26N2O3S. The predicted octanol–water partition coefficient (Wildman–Crippen LogP) is 4.10. The van der Waals surface area contributed by atoms with Crippen molar-refractivity contribution in [2.24, 2.45) is 0 Å². The summed E-state index contributed by atoms with van der Waals surface area (Å²) in [6, 6.07) is 18.8. The first-order chi connectivity index (χ1) is 13.7. The zero-order valence-corrected chi connectivity index (χ0v) is 18.0. The van der Waals surface area contributed by atoms with Crippen LogP contribution in [0.4, 0.5) is 5.69 Å². The number of nitrogens with zero attached hydrogens (tertiary/aromatic N) is 1. The molecule has 0 fully saturated rings. The molecule has 3 aromatic carbocycles. The number of amides is 1. The van der Waals surface area contributed by atoms with Crippen LogP contribution >= 0.6 is 0 Å². The van der Waals surface area contributed by atoms with Gasteiger partial charge in [0.2, 0.25) is 15.9 Å². The maximum atomic E-state index is 12.8. The maximum Gasteiger partial charge on any atom is 0.241 e. The van der Waals surface area contributed by atoms with Crippen molar-refractivity contribution < 1.29 is 13.2 Å². The van der Waals surface area contributed by atoms with E-state index in [9.17, 15) is 13.2 Å². The van der Waals surface area contributed by atoms with Crippen molar-refractivity contribution in [1.82, 2.24) is 5.32 Å². The topological polar surface area (TPSA) is 66.5 Å². The van der Waals surface area contributed by atoms with Crippen molar-refractivity contribution in [1.29, 1.82) is 0 Å². The molecule has 3 aromatic rings. The molecule has 0 spiro atoms. The second-order valence-corrected chi connectivity index (χ2v) is 9.32. The monoisotopic (exact) mass is 410 g/mol. The summed E-state index contributed by atoms with van der Waals surface area (Å²) in [4.78, 5) is 12.8. The molecule has 0 aliphatic rings. The summed E-state index contributed by atoms with van der Waals surface area (Å²) >= 11 is 0. The second-order valence-electron chi connectivity index (χ2n) is 7.42. The smallest absolute Gasteiger partial charge is 0.241 e. The minimum atomic E-state index is -3.65. The third kappa shape index (κ3) is 4.77. The van der Waals surface area contributed by atoms with Crippen LogP contribution in [-0.2, 0) is 14.8 Å². The molecule has 152 valence electrons. The number of hydrogen-bond acceptors (Lipinski definition) is 3. The van der Waals surface area contributed by atoms with Gasteiger partial charge in [0, 0.05) is 5.39 Å². The Kier molecular flexibility index (Phi) is 5.94. The summed E-state index contributed by atoms with van der Waals surface area (Å²) < 4.78 is 26.2. The lowest BCUT2D eigenvalue weighted by molar-refractivity contribution is -0.120. The Labute approximate surface area is 172 Å². The number of aryl methyl sites for hydroxylation is 2. The normalized spacial score (nSPS) is 12.6. The van der Waals surface area contributed by atoms with Crippen LogP contribution in [0.2, 0.25) is 0 Å². The molecule has 5 nitrogen and oxygen atoms in total. The molecule has 0 radical (unpaired) electrons. The average Bonchev–Trinajstić information content (AvgIpc) is 2.66. The first kappa shape index (κ1) is 20.9. The Morgan fingerprint density at radius 3 is 2.45 bits per heavy atom. The van der Waals surface area contributed by atoms with E-state index in [0.29, 0.717) is 5.69 Å². The second kappa shape index (κ2) is 8.25. The number of nitrogens with one attached hydrogen (secondary N) is 1. The van der Waals surface area contributed by atoms with Crippen LogP contribution in [0.3, 0.4) is 0 Å². The molecule has 1 atom stereocenters. The van der Waals surface area contributed by atoms with Crippen molar-refractivity contribution in [2.75, 3.05) is 17.1 Å². The van der Waals surface area contributed by atoms with Gasteiger partial charge < -0.3 is 5.32 Å². The molecule has 6 heteroatoms. The van der Waals surface area contributed by atoms with Crippen molar-refractivity contribution >= 4 is 32.4 Å². The number of carbonyl (C=O) groups excluding carboxylic acids is 1. The van der Waals surface area contributed by atoms with Gasteiger partial charge in [-0.1, -0.05) is 60.2 Å². The van der Waals surface area contributed by atoms with Crippen molar-refractivity contribution in [2.45, 2.75) is 26.8 Å². The SMILES string of the molecule is Cc1ccc(C)c([C@H](C)NC(=O)CN(c2cccc3ccccc23)S(C)(=O)=O)c1. The number of benzene rings is 3. The fourth-order valence-electron chi connectivity index (χ4n) is 3.53. The average molecular weight is 411 g/mol. The molecule has 0 aliphatic carbocycles. The Balaban J connectivity index is 1.88. The molecule has 29 heavy (non-hydrogen) atoms. The van der Waals surface area contributed by atoms with E-state index in [-0.39, 0.29) is 18.5 Å². The van der Waals surface area contributed by atoms with Gasteiger partial charge in [0.05, 0.1) is 18.0 Å². The van der Waals surface area contributed by atoms with Gasteiger partial charge in [-0.3, -0.25) is 9.10 Å². The molecule has 0 heterocycles. The number of carbonyl (C=O) groups is 1. The summed E-state index contributed by atoms with van der Waals surface area (Å²) in [6.45, 7) is 5.63. The highest BCUT2D eigenvalue weighted by Gasteiger charge is 2.23. The van der Waals surface area contributed by atoms with Gasteiger partial charge in [-0.15, -0.1) is 0 Å². The van der Waals surface area contributed by atoms with Gasteiger partial charge in [-0.05, 0) is 43.4 Å². The maximum absolute atomic E-state index is 12.8. The lowest BCUT2D eigenvalue weighted by Crippen LogP contribution is -2.41. The summed E-state index contributed by atoms with van der Waals surface area (Å²) in [6.07, 6.45) is 1.12.